The largest absolute Gasteiger partial charge is 0.275 e. The fourth-order valence-corrected chi connectivity index (χ4v) is 0.398. The van der Waals surface area contributed by atoms with Gasteiger partial charge in [0, 0.05) is 20.7 Å². The van der Waals surface area contributed by atoms with Gasteiger partial charge in [-0.2, -0.15) is 0 Å². The van der Waals surface area contributed by atoms with Crippen LogP contribution in [-0.4, -0.2) is 25.1 Å². The molecule has 0 atom stereocenters. The molecule has 0 radical (unpaired) electrons. The molecule has 0 aliphatic carbocycles. The van der Waals surface area contributed by atoms with Crippen LogP contribution in [0, 0.1) is 5.41 Å². The maximum absolute atomic E-state index is 11.8. The summed E-state index contributed by atoms with van der Waals surface area (Å²) in [5, 5.41) is 0.610. The molecule has 0 bridgehead atoms. The Labute approximate surface area is 70.3 Å². The molecular weight excluding hydrogens is 130 g/mol. The summed E-state index contributed by atoms with van der Waals surface area (Å²) in [6.45, 7) is -4.99. The van der Waals surface area contributed by atoms with Crippen molar-refractivity contribution in [2.24, 2.45) is 5.41 Å². The highest BCUT2D eigenvalue weighted by molar-refractivity contribution is 5.80. The van der Waals surface area contributed by atoms with E-state index in [0.717, 1.165) is 21.1 Å². The van der Waals surface area contributed by atoms with Gasteiger partial charge in [-0.3, -0.25) is 9.63 Å². The third-order valence-corrected chi connectivity index (χ3v) is 0.988. The van der Waals surface area contributed by atoms with Gasteiger partial charge in [0.2, 0.25) is 0 Å². The van der Waals surface area contributed by atoms with Crippen molar-refractivity contribution >= 4 is 5.91 Å². The van der Waals surface area contributed by atoms with Gasteiger partial charge in [0.15, 0.2) is 0 Å². The molecular formula is C7H15NO2. The monoisotopic (exact) mass is 151 g/mol. The summed E-state index contributed by atoms with van der Waals surface area (Å²) in [6.07, 6.45) is 0. The molecule has 1 amide bonds. The first kappa shape index (κ1) is 3.22. The highest BCUT2D eigenvalue weighted by Gasteiger charge is 2.24. The Hall–Kier alpha value is -0.570. The molecule has 60 valence electrons. The average molecular weight is 151 g/mol. The molecule has 0 aliphatic rings. The molecule has 0 heterocycles. The van der Waals surface area contributed by atoms with Crippen LogP contribution in [0.5, 0.6) is 0 Å². The van der Waals surface area contributed by atoms with Gasteiger partial charge < -0.3 is 0 Å². The number of hydroxylamine groups is 2. The van der Waals surface area contributed by atoms with E-state index in [-0.39, 0.29) is 0 Å². The van der Waals surface area contributed by atoms with Crippen LogP contribution in [0.25, 0.3) is 0 Å². The van der Waals surface area contributed by atoms with Gasteiger partial charge in [-0.25, -0.2) is 5.06 Å². The SMILES string of the molecule is [2H]C([2H])([2H])C(C)(C(=O)N(C)OC)C([2H])([2H])[2H]. The lowest BCUT2D eigenvalue weighted by Gasteiger charge is -2.23. The molecule has 0 unspecified atom stereocenters. The fraction of sp³-hybridized carbons (Fsp3) is 0.857. The van der Waals surface area contributed by atoms with E-state index >= 15 is 0 Å². The molecule has 0 spiro atoms. The minimum atomic E-state index is -2.94. The first-order valence-electron chi connectivity index (χ1n) is 5.72. The van der Waals surface area contributed by atoms with Gasteiger partial charge in [0.25, 0.3) is 5.91 Å². The second-order valence-corrected chi connectivity index (χ2v) is 2.11. The summed E-state index contributed by atoms with van der Waals surface area (Å²) < 4.78 is 43.3. The molecule has 0 aromatic heterocycles. The maximum atomic E-state index is 11.8. The van der Waals surface area contributed by atoms with Crippen LogP contribution in [0.1, 0.15) is 28.9 Å². The molecule has 3 heteroatoms. The molecule has 0 rings (SSSR count). The third-order valence-electron chi connectivity index (χ3n) is 0.988. The summed E-state index contributed by atoms with van der Waals surface area (Å²) >= 11 is 0. The van der Waals surface area contributed by atoms with Crippen LogP contribution >= 0.6 is 0 Å². The predicted molar refractivity (Wildman–Crippen MR) is 39.2 cm³/mol. The number of carbonyl (C=O) groups is 1. The number of amides is 1. The Morgan fingerprint density at radius 2 is 2.20 bits per heavy atom. The van der Waals surface area contributed by atoms with Crippen molar-refractivity contribution in [2.45, 2.75) is 20.6 Å². The lowest BCUT2D eigenvalue weighted by Crippen LogP contribution is -2.35. The van der Waals surface area contributed by atoms with E-state index in [1.54, 1.807) is 0 Å². The Balaban J connectivity index is 5.54. The lowest BCUT2D eigenvalue weighted by molar-refractivity contribution is -0.177. The van der Waals surface area contributed by atoms with Crippen molar-refractivity contribution in [2.75, 3.05) is 14.2 Å². The molecule has 3 nitrogen and oxygen atoms in total. The average Bonchev–Trinajstić information content (AvgIpc) is 2.10. The van der Waals surface area contributed by atoms with Crippen LogP contribution in [0.4, 0.5) is 0 Å². The summed E-state index contributed by atoms with van der Waals surface area (Å²) in [4.78, 5) is 16.3. The van der Waals surface area contributed by atoms with E-state index in [1.165, 1.54) is 0 Å². The van der Waals surface area contributed by atoms with E-state index in [1.807, 2.05) is 0 Å². The molecule has 0 aromatic carbocycles. The zero-order valence-electron chi connectivity index (χ0n) is 12.3. The molecule has 0 N–H and O–H groups in total. The number of nitrogens with zero attached hydrogens (tertiary/aromatic N) is 1. The quantitative estimate of drug-likeness (QED) is 0.524. The Morgan fingerprint density at radius 3 is 2.50 bits per heavy atom. The van der Waals surface area contributed by atoms with Gasteiger partial charge in [-0.05, 0) is 0 Å². The van der Waals surface area contributed by atoms with E-state index in [9.17, 15) is 4.79 Å². The number of rotatable bonds is 1. The number of hydrogen-bond acceptors (Lipinski definition) is 2. The standard InChI is InChI=1S/C7H15NO2/c1-7(2,3)6(9)8(4)10-5/h1-5H3/i1D3,2D3. The van der Waals surface area contributed by atoms with Crippen LogP contribution in [0.15, 0.2) is 0 Å². The molecule has 0 aromatic rings. The van der Waals surface area contributed by atoms with Gasteiger partial charge in [0.1, 0.15) is 0 Å². The first-order chi connectivity index (χ1) is 6.89. The topological polar surface area (TPSA) is 29.5 Å². The number of hydrogen-bond donors (Lipinski definition) is 0. The van der Waals surface area contributed by atoms with Crippen LogP contribution in [0.3, 0.4) is 0 Å². The minimum Gasteiger partial charge on any atom is -0.275 e. The molecule has 10 heavy (non-hydrogen) atoms. The summed E-state index contributed by atoms with van der Waals surface area (Å²) in [7, 11) is 2.31. The van der Waals surface area contributed by atoms with Gasteiger partial charge in [0.05, 0.1) is 7.11 Å². The van der Waals surface area contributed by atoms with Crippen LogP contribution in [-0.2, 0) is 9.63 Å². The molecule has 0 aliphatic heterocycles. The van der Waals surface area contributed by atoms with Gasteiger partial charge in [-0.1, -0.05) is 20.6 Å². The van der Waals surface area contributed by atoms with Crippen LogP contribution in [0.2, 0.25) is 0 Å². The second kappa shape index (κ2) is 3.01. The summed E-state index contributed by atoms with van der Waals surface area (Å²) in [6, 6.07) is 0. The van der Waals surface area contributed by atoms with Crippen molar-refractivity contribution in [1.29, 1.82) is 0 Å². The lowest BCUT2D eigenvalue weighted by atomic mass is 9.96. The van der Waals surface area contributed by atoms with E-state index in [0.29, 0.717) is 5.06 Å². The molecule has 0 fully saturated rings. The van der Waals surface area contributed by atoms with Crippen molar-refractivity contribution in [3.8, 4) is 0 Å². The Kier molecular flexibility index (Phi) is 0.969. The molecule has 0 saturated carbocycles. The smallest absolute Gasteiger partial charge is 0.251 e. The van der Waals surface area contributed by atoms with Gasteiger partial charge >= 0.3 is 0 Å². The zero-order valence-corrected chi connectivity index (χ0v) is 6.26. The second-order valence-electron chi connectivity index (χ2n) is 2.11. The van der Waals surface area contributed by atoms with E-state index < -0.39 is 25.0 Å². The Bertz CT molecular complexity index is 257. The zero-order chi connectivity index (χ0) is 13.4. The highest BCUT2D eigenvalue weighted by Crippen LogP contribution is 2.15. The van der Waals surface area contributed by atoms with Crippen molar-refractivity contribution in [3.63, 3.8) is 0 Å². The van der Waals surface area contributed by atoms with Gasteiger partial charge in [-0.15, -0.1) is 0 Å². The fourth-order valence-electron chi connectivity index (χ4n) is 0.398. The maximum Gasteiger partial charge on any atom is 0.251 e. The third kappa shape index (κ3) is 2.35. The summed E-state index contributed by atoms with van der Waals surface area (Å²) in [5.41, 5.74) is -2.48. The minimum absolute atomic E-state index is 0.610. The van der Waals surface area contributed by atoms with Crippen LogP contribution < -0.4 is 0 Å². The van der Waals surface area contributed by atoms with E-state index in [4.69, 9.17) is 8.22 Å². The van der Waals surface area contributed by atoms with Crippen molar-refractivity contribution in [1.82, 2.24) is 5.06 Å². The summed E-state index contributed by atoms with van der Waals surface area (Å²) in [5.74, 6) is -1.10. The number of carbonyl (C=O) groups excluding carboxylic acids is 1. The molecule has 0 saturated heterocycles. The predicted octanol–water partition coefficient (Wildman–Crippen LogP) is 1.05. The first-order valence-corrected chi connectivity index (χ1v) is 2.72. The normalized spacial score (nSPS) is 22.7. The van der Waals surface area contributed by atoms with E-state index in [2.05, 4.69) is 4.84 Å². The van der Waals surface area contributed by atoms with Crippen molar-refractivity contribution in [3.05, 3.63) is 0 Å². The highest BCUT2D eigenvalue weighted by atomic mass is 16.7. The Morgan fingerprint density at radius 1 is 1.70 bits per heavy atom. The van der Waals surface area contributed by atoms with Crippen molar-refractivity contribution < 1.29 is 17.9 Å².